The van der Waals surface area contributed by atoms with Gasteiger partial charge in [-0.2, -0.15) is 0 Å². The molecule has 2 amide bonds. The number of hydrogen-bond acceptors (Lipinski definition) is 5. The molecule has 0 spiro atoms. The summed E-state index contributed by atoms with van der Waals surface area (Å²) in [5.74, 6) is -1.97. The highest BCUT2D eigenvalue weighted by molar-refractivity contribution is 6.51. The molecule has 0 aliphatic carbocycles. The van der Waals surface area contributed by atoms with Crippen molar-refractivity contribution in [2.75, 3.05) is 16.8 Å². The first-order valence-corrected chi connectivity index (χ1v) is 11.2. The van der Waals surface area contributed by atoms with Crippen molar-refractivity contribution in [1.29, 1.82) is 5.41 Å². The summed E-state index contributed by atoms with van der Waals surface area (Å²) in [7, 11) is 0. The first-order chi connectivity index (χ1) is 17.0. The van der Waals surface area contributed by atoms with Crippen LogP contribution in [0.3, 0.4) is 0 Å². The topological polar surface area (TPSA) is 103 Å². The summed E-state index contributed by atoms with van der Waals surface area (Å²) in [6.07, 6.45) is 5.67. The number of allylic oxidation sites excluding steroid dienone is 2. The van der Waals surface area contributed by atoms with Gasteiger partial charge in [-0.1, -0.05) is 66.7 Å². The fraction of sp³-hybridized carbons (Fsp3) is 0.107. The van der Waals surface area contributed by atoms with Crippen molar-refractivity contribution in [3.8, 4) is 0 Å². The van der Waals surface area contributed by atoms with Crippen molar-refractivity contribution >= 4 is 35.0 Å². The number of amides is 2. The van der Waals surface area contributed by atoms with Crippen LogP contribution in [0.5, 0.6) is 0 Å². The average molecular weight is 465 g/mol. The first-order valence-electron chi connectivity index (χ1n) is 11.2. The van der Waals surface area contributed by atoms with Crippen molar-refractivity contribution in [2.45, 2.75) is 13.0 Å². The molecule has 0 saturated heterocycles. The van der Waals surface area contributed by atoms with Crippen LogP contribution in [0.4, 0.5) is 11.4 Å². The second-order valence-electron chi connectivity index (χ2n) is 8.08. The van der Waals surface area contributed by atoms with E-state index < -0.39 is 17.5 Å². The number of nitroso groups, excluding NO2 is 1. The Morgan fingerprint density at radius 1 is 1.00 bits per heavy atom. The Hall–Kier alpha value is -4.65. The average Bonchev–Trinajstić information content (AvgIpc) is 3.28. The Kier molecular flexibility index (Phi) is 7.37. The standard InChI is InChI=1S/C28H24N4O3/c29-26(28(34)31-35)24(27(33)30-23-11-5-2-6-12-23)13-7-10-20-14-15-25-22(18-20)16-17-32(25)19-21-8-3-1-4-9-21/h1-15,18,29H,16-17,19H2,(H,30,33)/b10-7+,24-13-,29-26?. The van der Waals surface area contributed by atoms with E-state index >= 15 is 0 Å². The Labute approximate surface area is 203 Å². The fourth-order valence-electron chi connectivity index (χ4n) is 3.97. The highest BCUT2D eigenvalue weighted by atomic mass is 16.3. The van der Waals surface area contributed by atoms with Gasteiger partial charge >= 0.3 is 5.91 Å². The van der Waals surface area contributed by atoms with Crippen LogP contribution in [0.1, 0.15) is 16.7 Å². The molecule has 3 aromatic carbocycles. The van der Waals surface area contributed by atoms with Crippen molar-refractivity contribution in [3.63, 3.8) is 0 Å². The van der Waals surface area contributed by atoms with Crippen molar-refractivity contribution < 1.29 is 9.59 Å². The number of hydrogen-bond donors (Lipinski definition) is 2. The summed E-state index contributed by atoms with van der Waals surface area (Å²) in [5.41, 5.74) is 4.13. The van der Waals surface area contributed by atoms with Crippen LogP contribution in [-0.2, 0) is 22.6 Å². The predicted molar refractivity (Wildman–Crippen MR) is 138 cm³/mol. The van der Waals surface area contributed by atoms with Gasteiger partial charge in [-0.25, -0.2) is 0 Å². The summed E-state index contributed by atoms with van der Waals surface area (Å²) in [4.78, 5) is 37.4. The maximum absolute atomic E-state index is 12.7. The zero-order chi connectivity index (χ0) is 24.6. The lowest BCUT2D eigenvalue weighted by Crippen LogP contribution is -2.24. The Morgan fingerprint density at radius 3 is 2.43 bits per heavy atom. The maximum Gasteiger partial charge on any atom is 0.335 e. The third-order valence-electron chi connectivity index (χ3n) is 5.71. The number of anilines is 2. The number of carbonyl (C=O) groups is 2. The molecule has 0 aromatic heterocycles. The summed E-state index contributed by atoms with van der Waals surface area (Å²) < 4.78 is 0. The molecule has 2 N–H and O–H groups in total. The molecule has 0 atom stereocenters. The third-order valence-corrected chi connectivity index (χ3v) is 5.71. The van der Waals surface area contributed by atoms with Crippen LogP contribution in [-0.4, -0.2) is 24.1 Å². The third kappa shape index (κ3) is 5.83. The molecular formula is C28H24N4O3. The Bertz CT molecular complexity index is 1310. The summed E-state index contributed by atoms with van der Waals surface area (Å²) in [6, 6.07) is 25.2. The molecule has 0 radical (unpaired) electrons. The van der Waals surface area contributed by atoms with Crippen molar-refractivity contribution in [3.05, 3.63) is 118 Å². The number of para-hydroxylation sites is 1. The van der Waals surface area contributed by atoms with E-state index in [0.717, 1.165) is 25.1 Å². The molecule has 1 heterocycles. The van der Waals surface area contributed by atoms with Crippen LogP contribution < -0.4 is 10.2 Å². The van der Waals surface area contributed by atoms with Gasteiger partial charge in [0.05, 0.1) is 5.57 Å². The number of fused-ring (bicyclic) bond motifs is 1. The SMILES string of the molecule is N=C(C(=O)N=O)/C(=C/C=C/c1ccc2c(c1)CCN2Cc1ccccc1)C(=O)Nc1ccccc1. The van der Waals surface area contributed by atoms with E-state index in [0.29, 0.717) is 5.69 Å². The molecule has 7 heteroatoms. The largest absolute Gasteiger partial charge is 0.367 e. The van der Waals surface area contributed by atoms with E-state index in [2.05, 4.69) is 39.7 Å². The van der Waals surface area contributed by atoms with E-state index in [1.54, 1.807) is 42.5 Å². The van der Waals surface area contributed by atoms with Crippen LogP contribution >= 0.6 is 0 Å². The number of benzene rings is 3. The second kappa shape index (κ2) is 11.0. The number of rotatable bonds is 8. The lowest BCUT2D eigenvalue weighted by atomic mass is 10.1. The molecule has 35 heavy (non-hydrogen) atoms. The molecule has 4 rings (SSSR count). The van der Waals surface area contributed by atoms with Gasteiger partial charge in [0.2, 0.25) is 0 Å². The number of nitrogens with zero attached hydrogens (tertiary/aromatic N) is 2. The lowest BCUT2D eigenvalue weighted by Gasteiger charge is -2.19. The molecule has 1 aliphatic rings. The monoisotopic (exact) mass is 464 g/mol. The minimum Gasteiger partial charge on any atom is -0.367 e. The Balaban J connectivity index is 1.51. The molecule has 174 valence electrons. The van der Waals surface area contributed by atoms with Crippen LogP contribution in [0.2, 0.25) is 0 Å². The van der Waals surface area contributed by atoms with Crippen LogP contribution in [0.25, 0.3) is 6.08 Å². The second-order valence-corrected chi connectivity index (χ2v) is 8.08. The highest BCUT2D eigenvalue weighted by Gasteiger charge is 2.22. The van der Waals surface area contributed by atoms with Gasteiger partial charge in [-0.3, -0.25) is 15.0 Å². The molecule has 7 nitrogen and oxygen atoms in total. The Morgan fingerprint density at radius 2 is 1.71 bits per heavy atom. The molecule has 3 aromatic rings. The molecule has 0 fully saturated rings. The lowest BCUT2D eigenvalue weighted by molar-refractivity contribution is -0.114. The zero-order valence-electron chi connectivity index (χ0n) is 19.0. The minimum atomic E-state index is -1.30. The van der Waals surface area contributed by atoms with Gasteiger partial charge in [-0.05, 0) is 53.5 Å². The summed E-state index contributed by atoms with van der Waals surface area (Å²) in [5, 5.41) is 12.8. The van der Waals surface area contributed by atoms with Crippen molar-refractivity contribution in [1.82, 2.24) is 0 Å². The first kappa shape index (κ1) is 23.5. The van der Waals surface area contributed by atoms with Crippen LogP contribution in [0.15, 0.2) is 102 Å². The van der Waals surface area contributed by atoms with Gasteiger partial charge < -0.3 is 10.2 Å². The predicted octanol–water partition coefficient (Wildman–Crippen LogP) is 5.14. The van der Waals surface area contributed by atoms with E-state index in [-0.39, 0.29) is 5.57 Å². The van der Waals surface area contributed by atoms with Crippen LogP contribution in [0, 0.1) is 10.3 Å². The molecule has 0 unspecified atom stereocenters. The van der Waals surface area contributed by atoms with Gasteiger partial charge in [-0.15, -0.1) is 4.91 Å². The smallest absolute Gasteiger partial charge is 0.335 e. The highest BCUT2D eigenvalue weighted by Crippen LogP contribution is 2.30. The van der Waals surface area contributed by atoms with Gasteiger partial charge in [0.1, 0.15) is 5.71 Å². The molecular weight excluding hydrogens is 440 g/mol. The van der Waals surface area contributed by atoms with E-state index in [9.17, 15) is 14.5 Å². The van der Waals surface area contributed by atoms with E-state index in [4.69, 9.17) is 5.41 Å². The molecule has 1 aliphatic heterocycles. The quantitative estimate of drug-likeness (QED) is 0.208. The summed E-state index contributed by atoms with van der Waals surface area (Å²) in [6.45, 7) is 1.80. The van der Waals surface area contributed by atoms with E-state index in [1.165, 1.54) is 22.9 Å². The zero-order valence-corrected chi connectivity index (χ0v) is 19.0. The number of carbonyl (C=O) groups excluding carboxylic acids is 2. The maximum atomic E-state index is 12.7. The van der Waals surface area contributed by atoms with Gasteiger partial charge in [0.15, 0.2) is 0 Å². The van der Waals surface area contributed by atoms with Gasteiger partial charge in [0.25, 0.3) is 5.91 Å². The molecule has 0 saturated carbocycles. The molecule has 0 bridgehead atoms. The normalized spacial score (nSPS) is 12.9. The number of nitrogens with one attached hydrogen (secondary N) is 2. The minimum absolute atomic E-state index is 0.245. The van der Waals surface area contributed by atoms with Gasteiger partial charge in [0, 0.05) is 29.6 Å². The summed E-state index contributed by atoms with van der Waals surface area (Å²) >= 11 is 0. The van der Waals surface area contributed by atoms with Crippen molar-refractivity contribution in [2.24, 2.45) is 5.18 Å². The van der Waals surface area contributed by atoms with E-state index in [1.807, 2.05) is 24.3 Å². The fourth-order valence-corrected chi connectivity index (χ4v) is 3.97.